The minimum atomic E-state index is -1.05. The molecule has 0 bridgehead atoms. The molecule has 6 nitrogen and oxygen atoms in total. The lowest BCUT2D eigenvalue weighted by Gasteiger charge is -2.22. The molecule has 1 aliphatic carbocycles. The number of aliphatic hydroxyl groups is 1. The predicted molar refractivity (Wildman–Crippen MR) is 64.1 cm³/mol. The monoisotopic (exact) mass is 256 g/mol. The summed E-state index contributed by atoms with van der Waals surface area (Å²) in [5.74, 6) is -0.535. The van der Waals surface area contributed by atoms with Crippen molar-refractivity contribution in [1.82, 2.24) is 10.2 Å². The number of amides is 2. The van der Waals surface area contributed by atoms with Gasteiger partial charge in [-0.05, 0) is 18.8 Å². The fraction of sp³-hybridized carbons (Fsp3) is 0.833. The average Bonchev–Trinajstić information content (AvgIpc) is 2.94. The fourth-order valence-corrected chi connectivity index (χ4v) is 2.82. The number of carbonyl (C=O) groups is 2. The highest BCUT2D eigenvalue weighted by molar-refractivity contribution is 5.83. The molecule has 0 aromatic carbocycles. The van der Waals surface area contributed by atoms with Crippen LogP contribution in [0, 0.1) is 5.92 Å². The number of aliphatic carboxylic acids is 1. The molecule has 1 aliphatic heterocycles. The normalized spacial score (nSPS) is 28.6. The molecule has 3 N–H and O–H groups in total. The Balaban J connectivity index is 1.85. The van der Waals surface area contributed by atoms with E-state index in [1.54, 1.807) is 0 Å². The maximum absolute atomic E-state index is 11.9. The maximum atomic E-state index is 11.9. The number of carboxylic acid groups (broad SMARTS) is 1. The number of carboxylic acids is 1. The molecule has 102 valence electrons. The first kappa shape index (κ1) is 13.1. The highest BCUT2D eigenvalue weighted by atomic mass is 16.4. The van der Waals surface area contributed by atoms with Crippen LogP contribution in [0.3, 0.4) is 0 Å². The van der Waals surface area contributed by atoms with Crippen molar-refractivity contribution in [1.29, 1.82) is 0 Å². The van der Waals surface area contributed by atoms with Crippen LogP contribution in [0.25, 0.3) is 0 Å². The number of rotatable bonds is 3. The second-order valence-corrected chi connectivity index (χ2v) is 5.23. The van der Waals surface area contributed by atoms with Crippen LogP contribution in [0.5, 0.6) is 0 Å². The Hall–Kier alpha value is -1.30. The number of hydrogen-bond donors (Lipinski definition) is 3. The molecule has 0 spiro atoms. The minimum Gasteiger partial charge on any atom is -0.480 e. The number of hydrogen-bond acceptors (Lipinski definition) is 3. The lowest BCUT2D eigenvalue weighted by molar-refractivity contribution is -0.141. The molecule has 0 aromatic rings. The molecule has 2 amide bonds. The van der Waals surface area contributed by atoms with E-state index >= 15 is 0 Å². The summed E-state index contributed by atoms with van der Waals surface area (Å²) in [6, 6.07) is -1.27. The summed E-state index contributed by atoms with van der Waals surface area (Å²) in [4.78, 5) is 24.1. The zero-order chi connectivity index (χ0) is 13.1. The van der Waals surface area contributed by atoms with Gasteiger partial charge in [-0.15, -0.1) is 0 Å². The second kappa shape index (κ2) is 5.56. The van der Waals surface area contributed by atoms with Crippen LogP contribution in [0.15, 0.2) is 0 Å². The van der Waals surface area contributed by atoms with Crippen LogP contribution in [0.2, 0.25) is 0 Å². The molecule has 2 rings (SSSR count). The van der Waals surface area contributed by atoms with E-state index in [-0.39, 0.29) is 19.0 Å². The maximum Gasteiger partial charge on any atom is 0.326 e. The Morgan fingerprint density at radius 1 is 1.28 bits per heavy atom. The number of urea groups is 1. The van der Waals surface area contributed by atoms with Gasteiger partial charge in [-0.3, -0.25) is 0 Å². The van der Waals surface area contributed by atoms with Crippen LogP contribution in [-0.4, -0.2) is 52.3 Å². The fourth-order valence-electron chi connectivity index (χ4n) is 2.82. The Kier molecular flexibility index (Phi) is 4.06. The van der Waals surface area contributed by atoms with Crippen molar-refractivity contribution in [3.8, 4) is 0 Å². The van der Waals surface area contributed by atoms with Crippen molar-refractivity contribution >= 4 is 12.0 Å². The van der Waals surface area contributed by atoms with E-state index in [0.717, 1.165) is 12.8 Å². The molecular weight excluding hydrogens is 236 g/mol. The number of likely N-dealkylation sites (tertiary alicyclic amines) is 1. The third kappa shape index (κ3) is 2.93. The standard InChI is InChI=1S/C12H20N2O4/c15-9-5-10(11(16)17)14(7-9)12(18)13-6-8-3-1-2-4-8/h8-10,15H,1-7H2,(H,13,18)(H,16,17). The van der Waals surface area contributed by atoms with Gasteiger partial charge in [-0.2, -0.15) is 0 Å². The zero-order valence-corrected chi connectivity index (χ0v) is 10.3. The Labute approximate surface area is 106 Å². The second-order valence-electron chi connectivity index (χ2n) is 5.23. The number of carbonyl (C=O) groups excluding carboxylic acids is 1. The molecule has 6 heteroatoms. The first-order valence-corrected chi connectivity index (χ1v) is 6.53. The summed E-state index contributed by atoms with van der Waals surface area (Å²) in [7, 11) is 0. The Morgan fingerprint density at radius 3 is 2.56 bits per heavy atom. The molecule has 1 saturated carbocycles. The van der Waals surface area contributed by atoms with Gasteiger partial charge in [-0.25, -0.2) is 9.59 Å². The quantitative estimate of drug-likeness (QED) is 0.682. The van der Waals surface area contributed by atoms with Gasteiger partial charge in [0, 0.05) is 19.5 Å². The molecule has 0 aromatic heterocycles. The Morgan fingerprint density at radius 2 is 1.94 bits per heavy atom. The van der Waals surface area contributed by atoms with Gasteiger partial charge in [0.1, 0.15) is 6.04 Å². The topological polar surface area (TPSA) is 89.9 Å². The highest BCUT2D eigenvalue weighted by Gasteiger charge is 2.39. The van der Waals surface area contributed by atoms with Crippen LogP contribution in [0.4, 0.5) is 4.79 Å². The van der Waals surface area contributed by atoms with Crippen molar-refractivity contribution in [3.63, 3.8) is 0 Å². The van der Waals surface area contributed by atoms with Crippen LogP contribution in [0.1, 0.15) is 32.1 Å². The largest absolute Gasteiger partial charge is 0.480 e. The number of aliphatic hydroxyl groups excluding tert-OH is 1. The van der Waals surface area contributed by atoms with E-state index in [1.165, 1.54) is 17.7 Å². The van der Waals surface area contributed by atoms with E-state index in [0.29, 0.717) is 12.5 Å². The van der Waals surface area contributed by atoms with E-state index in [9.17, 15) is 14.7 Å². The molecule has 2 atom stereocenters. The number of nitrogens with zero attached hydrogens (tertiary/aromatic N) is 1. The number of nitrogens with one attached hydrogen (secondary N) is 1. The number of β-amino-alcohol motifs (C(OH)–C–C–N with tert-alkyl or cyclic N) is 1. The third-order valence-electron chi connectivity index (χ3n) is 3.84. The van der Waals surface area contributed by atoms with Crippen molar-refractivity contribution < 1.29 is 19.8 Å². The molecule has 2 aliphatic rings. The summed E-state index contributed by atoms with van der Waals surface area (Å²) in [5.41, 5.74) is 0. The summed E-state index contributed by atoms with van der Waals surface area (Å²) in [6.45, 7) is 0.714. The van der Waals surface area contributed by atoms with Crippen LogP contribution in [-0.2, 0) is 4.79 Å². The highest BCUT2D eigenvalue weighted by Crippen LogP contribution is 2.24. The average molecular weight is 256 g/mol. The lowest BCUT2D eigenvalue weighted by atomic mass is 10.1. The van der Waals surface area contributed by atoms with Gasteiger partial charge in [0.15, 0.2) is 0 Å². The lowest BCUT2D eigenvalue weighted by Crippen LogP contribution is -2.47. The summed E-state index contributed by atoms with van der Waals surface area (Å²) >= 11 is 0. The van der Waals surface area contributed by atoms with E-state index in [1.807, 2.05) is 0 Å². The van der Waals surface area contributed by atoms with Crippen LogP contribution < -0.4 is 5.32 Å². The molecule has 1 heterocycles. The SMILES string of the molecule is O=C(O)C1CC(O)CN1C(=O)NCC1CCCC1. The summed E-state index contributed by atoms with van der Waals surface area (Å²) < 4.78 is 0. The smallest absolute Gasteiger partial charge is 0.326 e. The van der Waals surface area contributed by atoms with Crippen molar-refractivity contribution in [2.45, 2.75) is 44.2 Å². The van der Waals surface area contributed by atoms with Gasteiger partial charge in [0.25, 0.3) is 0 Å². The van der Waals surface area contributed by atoms with Gasteiger partial charge < -0.3 is 20.4 Å². The Bertz CT molecular complexity index is 328. The molecule has 2 fully saturated rings. The predicted octanol–water partition coefficient (Wildman–Crippen LogP) is 0.406. The van der Waals surface area contributed by atoms with Crippen molar-refractivity contribution in [3.05, 3.63) is 0 Å². The van der Waals surface area contributed by atoms with E-state index in [2.05, 4.69) is 5.32 Å². The van der Waals surface area contributed by atoms with Crippen molar-refractivity contribution in [2.24, 2.45) is 5.92 Å². The first-order valence-electron chi connectivity index (χ1n) is 6.53. The summed E-state index contributed by atoms with van der Waals surface area (Å²) in [5, 5.41) is 21.2. The van der Waals surface area contributed by atoms with Gasteiger partial charge in [0.05, 0.1) is 6.10 Å². The van der Waals surface area contributed by atoms with Gasteiger partial charge in [0.2, 0.25) is 0 Å². The van der Waals surface area contributed by atoms with Crippen LogP contribution >= 0.6 is 0 Å². The molecule has 18 heavy (non-hydrogen) atoms. The zero-order valence-electron chi connectivity index (χ0n) is 10.3. The minimum absolute atomic E-state index is 0.105. The van der Waals surface area contributed by atoms with Gasteiger partial charge in [-0.1, -0.05) is 12.8 Å². The molecule has 0 radical (unpaired) electrons. The molecule has 2 unspecified atom stereocenters. The summed E-state index contributed by atoms with van der Waals surface area (Å²) in [6.07, 6.45) is 4.06. The first-order chi connectivity index (χ1) is 8.58. The molecular formula is C12H20N2O4. The van der Waals surface area contributed by atoms with E-state index in [4.69, 9.17) is 5.11 Å². The van der Waals surface area contributed by atoms with Gasteiger partial charge >= 0.3 is 12.0 Å². The van der Waals surface area contributed by atoms with Crippen molar-refractivity contribution in [2.75, 3.05) is 13.1 Å². The molecule has 1 saturated heterocycles. The third-order valence-corrected chi connectivity index (χ3v) is 3.84. The van der Waals surface area contributed by atoms with E-state index < -0.39 is 18.1 Å².